The van der Waals surface area contributed by atoms with Crippen LogP contribution in [0.1, 0.15) is 6.42 Å². The Morgan fingerprint density at radius 3 is 3.00 bits per heavy atom. The van der Waals surface area contributed by atoms with Crippen LogP contribution in [0, 0.1) is 0 Å². The Labute approximate surface area is 145 Å². The normalized spacial score (nSPS) is 15.0. The lowest BCUT2D eigenvalue weighted by Crippen LogP contribution is -2.42. The Bertz CT molecular complexity index is 869. The van der Waals surface area contributed by atoms with Gasteiger partial charge < -0.3 is 10.2 Å². The maximum Gasteiger partial charge on any atom is 0.131 e. The number of hydrogen-bond acceptors (Lipinski definition) is 5. The molecular weight excluding hydrogens is 324 g/mol. The van der Waals surface area contributed by atoms with Crippen molar-refractivity contribution in [2.75, 3.05) is 37.0 Å². The van der Waals surface area contributed by atoms with Gasteiger partial charge in [-0.2, -0.15) is 5.10 Å². The number of nitrogens with zero attached hydrogens (tertiary/aromatic N) is 4. The summed E-state index contributed by atoms with van der Waals surface area (Å²) >= 11 is 6.37. The molecule has 1 aliphatic heterocycles. The molecule has 7 heteroatoms. The molecule has 0 radical (unpaired) electrons. The Morgan fingerprint density at radius 1 is 1.29 bits per heavy atom. The molecule has 0 amide bonds. The summed E-state index contributed by atoms with van der Waals surface area (Å²) in [5.74, 6) is 0.897. The summed E-state index contributed by atoms with van der Waals surface area (Å²) in [7, 11) is 1.90. The van der Waals surface area contributed by atoms with E-state index in [9.17, 15) is 0 Å². The lowest BCUT2D eigenvalue weighted by atomic mass is 10.1. The molecule has 3 aromatic rings. The van der Waals surface area contributed by atoms with Gasteiger partial charge in [0, 0.05) is 36.1 Å². The van der Waals surface area contributed by atoms with E-state index in [4.69, 9.17) is 16.6 Å². The molecule has 6 nitrogen and oxygen atoms in total. The van der Waals surface area contributed by atoms with E-state index in [0.29, 0.717) is 5.02 Å². The molecule has 0 bridgehead atoms. The average Bonchev–Trinajstić information content (AvgIpc) is 3.05. The van der Waals surface area contributed by atoms with Gasteiger partial charge in [0.15, 0.2) is 0 Å². The molecule has 0 atom stereocenters. The lowest BCUT2D eigenvalue weighted by molar-refractivity contribution is 0.549. The van der Waals surface area contributed by atoms with E-state index in [-0.39, 0.29) is 0 Å². The zero-order valence-electron chi connectivity index (χ0n) is 13.5. The van der Waals surface area contributed by atoms with Crippen LogP contribution in [0.25, 0.3) is 16.8 Å². The Kier molecular flexibility index (Phi) is 4.00. The second-order valence-electron chi connectivity index (χ2n) is 5.86. The third kappa shape index (κ3) is 2.79. The van der Waals surface area contributed by atoms with Crippen molar-refractivity contribution in [3.05, 3.63) is 41.7 Å². The van der Waals surface area contributed by atoms with Gasteiger partial charge in [0.2, 0.25) is 0 Å². The minimum absolute atomic E-state index is 0.685. The minimum Gasteiger partial charge on any atom is -0.388 e. The first-order chi connectivity index (χ1) is 11.7. The number of anilines is 2. The van der Waals surface area contributed by atoms with Gasteiger partial charge in [0.1, 0.15) is 5.82 Å². The van der Waals surface area contributed by atoms with Crippen LogP contribution < -0.4 is 15.5 Å². The van der Waals surface area contributed by atoms with E-state index in [0.717, 1.165) is 54.5 Å². The number of hydrogen-bond donors (Lipinski definition) is 2. The fourth-order valence-electron chi connectivity index (χ4n) is 3.00. The second kappa shape index (κ2) is 6.30. The quantitative estimate of drug-likeness (QED) is 0.766. The molecule has 24 heavy (non-hydrogen) atoms. The molecule has 0 saturated carbocycles. The third-order valence-electron chi connectivity index (χ3n) is 4.27. The Morgan fingerprint density at radius 2 is 2.21 bits per heavy atom. The summed E-state index contributed by atoms with van der Waals surface area (Å²) in [4.78, 5) is 7.05. The maximum absolute atomic E-state index is 6.37. The van der Waals surface area contributed by atoms with Crippen molar-refractivity contribution in [1.29, 1.82) is 0 Å². The van der Waals surface area contributed by atoms with Crippen LogP contribution in [0.4, 0.5) is 11.5 Å². The predicted octanol–water partition coefficient (Wildman–Crippen LogP) is 2.85. The van der Waals surface area contributed by atoms with E-state index >= 15 is 0 Å². The molecule has 0 spiro atoms. The van der Waals surface area contributed by atoms with E-state index in [1.54, 1.807) is 0 Å². The second-order valence-corrected chi connectivity index (χ2v) is 6.29. The van der Waals surface area contributed by atoms with Crippen molar-refractivity contribution in [3.63, 3.8) is 0 Å². The van der Waals surface area contributed by atoms with Crippen LogP contribution in [0.15, 0.2) is 36.7 Å². The van der Waals surface area contributed by atoms with Crippen molar-refractivity contribution in [2.45, 2.75) is 6.42 Å². The molecule has 4 rings (SSSR count). The first kappa shape index (κ1) is 15.2. The summed E-state index contributed by atoms with van der Waals surface area (Å²) in [6.07, 6.45) is 4.88. The lowest BCUT2D eigenvalue weighted by Gasteiger charge is -2.28. The fourth-order valence-corrected chi connectivity index (χ4v) is 3.20. The zero-order valence-corrected chi connectivity index (χ0v) is 14.2. The molecule has 1 fully saturated rings. The molecule has 2 N–H and O–H groups in total. The van der Waals surface area contributed by atoms with E-state index < -0.39 is 0 Å². The topological polar surface area (TPSA) is 57.5 Å². The molecule has 4 heterocycles. The summed E-state index contributed by atoms with van der Waals surface area (Å²) in [6, 6.07) is 7.86. The van der Waals surface area contributed by atoms with Crippen molar-refractivity contribution in [2.24, 2.45) is 0 Å². The summed E-state index contributed by atoms with van der Waals surface area (Å²) in [6.45, 7) is 2.83. The van der Waals surface area contributed by atoms with Crippen LogP contribution in [-0.2, 0) is 0 Å². The molecule has 1 saturated heterocycles. The first-order valence-electron chi connectivity index (χ1n) is 8.03. The number of aromatic nitrogens is 3. The summed E-state index contributed by atoms with van der Waals surface area (Å²) in [5.41, 5.74) is 3.85. The molecular formula is C17H19ClN6. The van der Waals surface area contributed by atoms with Crippen molar-refractivity contribution in [1.82, 2.24) is 19.9 Å². The molecule has 3 aromatic heterocycles. The number of pyridine rings is 2. The highest BCUT2D eigenvalue weighted by atomic mass is 35.5. The highest BCUT2D eigenvalue weighted by Crippen LogP contribution is 2.29. The van der Waals surface area contributed by atoms with Crippen molar-refractivity contribution in [3.8, 4) is 11.3 Å². The van der Waals surface area contributed by atoms with E-state index in [1.807, 2.05) is 42.2 Å². The van der Waals surface area contributed by atoms with Crippen LogP contribution in [0.3, 0.4) is 0 Å². The molecule has 1 aliphatic rings. The number of rotatable bonds is 3. The smallest absolute Gasteiger partial charge is 0.131 e. The highest BCUT2D eigenvalue weighted by Gasteiger charge is 2.15. The fraction of sp³-hybridized carbons (Fsp3) is 0.294. The number of fused-ring (bicyclic) bond motifs is 1. The minimum atomic E-state index is 0.685. The van der Waals surface area contributed by atoms with Crippen molar-refractivity contribution < 1.29 is 0 Å². The van der Waals surface area contributed by atoms with Gasteiger partial charge in [0.25, 0.3) is 0 Å². The summed E-state index contributed by atoms with van der Waals surface area (Å²) in [5, 5.41) is 11.6. The standard InChI is InChI=1S/C17H19ClN6/c1-19-13-3-6-24-16(9-13)14(10-21-24)15-7-12(18)8-17(22-15)23-5-2-4-20-11-23/h3,6-10,19-20H,2,4-5,11H2,1H3. The van der Waals surface area contributed by atoms with Gasteiger partial charge in [-0.25, -0.2) is 9.50 Å². The predicted molar refractivity (Wildman–Crippen MR) is 97.8 cm³/mol. The molecule has 0 unspecified atom stereocenters. The van der Waals surface area contributed by atoms with E-state index in [1.165, 1.54) is 0 Å². The average molecular weight is 343 g/mol. The monoisotopic (exact) mass is 342 g/mol. The van der Waals surface area contributed by atoms with Gasteiger partial charge in [-0.05, 0) is 37.2 Å². The van der Waals surface area contributed by atoms with Gasteiger partial charge in [0.05, 0.1) is 24.1 Å². The number of halogens is 1. The molecule has 0 aromatic carbocycles. The highest BCUT2D eigenvalue weighted by molar-refractivity contribution is 6.31. The van der Waals surface area contributed by atoms with Crippen LogP contribution in [-0.4, -0.2) is 41.4 Å². The van der Waals surface area contributed by atoms with Gasteiger partial charge >= 0.3 is 0 Å². The van der Waals surface area contributed by atoms with Gasteiger partial charge in [-0.3, -0.25) is 5.32 Å². The number of nitrogens with one attached hydrogen (secondary N) is 2. The zero-order chi connectivity index (χ0) is 16.5. The third-order valence-corrected chi connectivity index (χ3v) is 4.49. The maximum atomic E-state index is 6.37. The van der Waals surface area contributed by atoms with Crippen LogP contribution in [0.5, 0.6) is 0 Å². The van der Waals surface area contributed by atoms with E-state index in [2.05, 4.69) is 26.7 Å². The summed E-state index contributed by atoms with van der Waals surface area (Å²) < 4.78 is 1.85. The molecule has 0 aliphatic carbocycles. The SMILES string of the molecule is CNc1ccn2ncc(-c3cc(Cl)cc(N4CCCNC4)n3)c2c1. The van der Waals surface area contributed by atoms with Crippen LogP contribution in [0.2, 0.25) is 5.02 Å². The largest absolute Gasteiger partial charge is 0.388 e. The molecule has 124 valence electrons. The van der Waals surface area contributed by atoms with Crippen molar-refractivity contribution >= 4 is 28.6 Å². The Hall–Kier alpha value is -2.31. The van der Waals surface area contributed by atoms with Gasteiger partial charge in [-0.1, -0.05) is 11.6 Å². The van der Waals surface area contributed by atoms with Gasteiger partial charge in [-0.15, -0.1) is 0 Å². The first-order valence-corrected chi connectivity index (χ1v) is 8.41. The Balaban J connectivity index is 1.80. The van der Waals surface area contributed by atoms with Crippen LogP contribution >= 0.6 is 11.6 Å².